The molecular weight excluding hydrogens is 306 g/mol. The van der Waals surface area contributed by atoms with Gasteiger partial charge in [-0.3, -0.25) is 4.79 Å². The Morgan fingerprint density at radius 3 is 2.68 bits per heavy atom. The molecule has 100 valence electrons. The number of aryl methyl sites for hydroxylation is 1. The summed E-state index contributed by atoms with van der Waals surface area (Å²) in [5.41, 5.74) is 1.93. The summed E-state index contributed by atoms with van der Waals surface area (Å²) >= 11 is 3.38. The maximum Gasteiger partial charge on any atom is 0.263 e. The van der Waals surface area contributed by atoms with Crippen LogP contribution in [0.4, 0.5) is 5.69 Å². The highest BCUT2D eigenvalue weighted by molar-refractivity contribution is 9.10. The van der Waals surface area contributed by atoms with Gasteiger partial charge in [0.05, 0.1) is 0 Å². The van der Waals surface area contributed by atoms with Gasteiger partial charge < -0.3 is 10.6 Å². The quantitative estimate of drug-likeness (QED) is 0.661. The Bertz CT molecular complexity index is 544. The normalized spacial score (nSPS) is 11.1. The lowest BCUT2D eigenvalue weighted by Crippen LogP contribution is -2.31. The zero-order chi connectivity index (χ0) is 14.4. The van der Waals surface area contributed by atoms with Crippen LogP contribution in [0.1, 0.15) is 19.4 Å². The molecule has 2 N–H and O–H groups in total. The number of anilines is 1. The van der Waals surface area contributed by atoms with E-state index in [4.69, 9.17) is 5.26 Å². The molecule has 1 aromatic carbocycles. The summed E-state index contributed by atoms with van der Waals surface area (Å²) in [6, 6.07) is 7.61. The summed E-state index contributed by atoms with van der Waals surface area (Å²) in [4.78, 5) is 11.7. The Kier molecular flexibility index (Phi) is 5.58. The van der Waals surface area contributed by atoms with Gasteiger partial charge in [-0.25, -0.2) is 0 Å². The van der Waals surface area contributed by atoms with Crippen molar-refractivity contribution in [2.24, 2.45) is 0 Å². The molecule has 0 aliphatic carbocycles. The lowest BCUT2D eigenvalue weighted by Gasteiger charge is -2.09. The minimum absolute atomic E-state index is 0.00123. The molecule has 1 aromatic rings. The van der Waals surface area contributed by atoms with E-state index in [9.17, 15) is 4.79 Å². The van der Waals surface area contributed by atoms with E-state index in [2.05, 4.69) is 26.6 Å². The highest BCUT2D eigenvalue weighted by atomic mass is 79.9. The minimum Gasteiger partial charge on any atom is -0.360 e. The van der Waals surface area contributed by atoms with Gasteiger partial charge in [0.1, 0.15) is 11.6 Å². The van der Waals surface area contributed by atoms with Crippen LogP contribution in [0, 0.1) is 18.3 Å². The van der Waals surface area contributed by atoms with Gasteiger partial charge in [-0.2, -0.15) is 5.26 Å². The smallest absolute Gasteiger partial charge is 0.263 e. The number of nitrogens with one attached hydrogen (secondary N) is 2. The Morgan fingerprint density at radius 2 is 2.16 bits per heavy atom. The standard InChI is InChI=1S/C14H16BrN3O/c1-9(2)18-14(19)11(7-16)8-17-13-5-4-12(15)6-10(13)3/h4-6,8-9,17H,1-3H3,(H,18,19)/b11-8-. The fourth-order valence-electron chi connectivity index (χ4n) is 1.43. The maximum absolute atomic E-state index is 11.7. The molecule has 0 aromatic heterocycles. The van der Waals surface area contributed by atoms with Crippen LogP contribution in [0.15, 0.2) is 34.4 Å². The number of nitriles is 1. The van der Waals surface area contributed by atoms with Crippen LogP contribution in [0.3, 0.4) is 0 Å². The van der Waals surface area contributed by atoms with Crippen molar-refractivity contribution in [3.05, 3.63) is 40.0 Å². The van der Waals surface area contributed by atoms with Gasteiger partial charge in [-0.15, -0.1) is 0 Å². The molecule has 0 bridgehead atoms. The third kappa shape index (κ3) is 4.76. The molecule has 4 nitrogen and oxygen atoms in total. The number of carbonyl (C=O) groups excluding carboxylic acids is 1. The molecule has 0 aliphatic rings. The van der Waals surface area contributed by atoms with Crippen LogP contribution in [0.2, 0.25) is 0 Å². The van der Waals surface area contributed by atoms with E-state index in [-0.39, 0.29) is 17.5 Å². The van der Waals surface area contributed by atoms with Gasteiger partial charge in [0.15, 0.2) is 0 Å². The van der Waals surface area contributed by atoms with Gasteiger partial charge >= 0.3 is 0 Å². The first-order chi connectivity index (χ1) is 8.93. The average Bonchev–Trinajstić information content (AvgIpc) is 2.31. The third-order valence-electron chi connectivity index (χ3n) is 2.35. The van der Waals surface area contributed by atoms with Crippen LogP contribution in [0.5, 0.6) is 0 Å². The monoisotopic (exact) mass is 321 g/mol. The van der Waals surface area contributed by atoms with E-state index in [1.165, 1.54) is 6.20 Å². The average molecular weight is 322 g/mol. The molecule has 0 aliphatic heterocycles. The first-order valence-electron chi connectivity index (χ1n) is 5.88. The third-order valence-corrected chi connectivity index (χ3v) is 2.84. The number of hydrogen-bond acceptors (Lipinski definition) is 3. The van der Waals surface area contributed by atoms with Gasteiger partial charge in [0.25, 0.3) is 5.91 Å². The summed E-state index contributed by atoms with van der Waals surface area (Å²) in [5, 5.41) is 14.6. The Labute approximate surface area is 121 Å². The van der Waals surface area contributed by atoms with Crippen molar-refractivity contribution in [1.29, 1.82) is 5.26 Å². The zero-order valence-electron chi connectivity index (χ0n) is 11.1. The summed E-state index contributed by atoms with van der Waals surface area (Å²) in [5.74, 6) is -0.375. The number of carbonyl (C=O) groups is 1. The second-order valence-corrected chi connectivity index (χ2v) is 5.32. The highest BCUT2D eigenvalue weighted by Gasteiger charge is 2.09. The van der Waals surface area contributed by atoms with Crippen molar-refractivity contribution in [3.8, 4) is 6.07 Å². The van der Waals surface area contributed by atoms with Crippen LogP contribution < -0.4 is 10.6 Å². The Balaban J connectivity index is 2.83. The Hall–Kier alpha value is -1.80. The number of nitrogens with zero attached hydrogens (tertiary/aromatic N) is 1. The van der Waals surface area contributed by atoms with E-state index in [0.29, 0.717) is 0 Å². The predicted octanol–water partition coefficient (Wildman–Crippen LogP) is 3.10. The van der Waals surface area contributed by atoms with Crippen molar-refractivity contribution in [3.63, 3.8) is 0 Å². The Morgan fingerprint density at radius 1 is 1.47 bits per heavy atom. The molecule has 19 heavy (non-hydrogen) atoms. The van der Waals surface area contributed by atoms with E-state index in [0.717, 1.165) is 15.7 Å². The molecular formula is C14H16BrN3O. The topological polar surface area (TPSA) is 64.9 Å². The number of benzene rings is 1. The number of hydrogen-bond donors (Lipinski definition) is 2. The van der Waals surface area contributed by atoms with Crippen LogP contribution >= 0.6 is 15.9 Å². The first kappa shape index (κ1) is 15.3. The van der Waals surface area contributed by atoms with Gasteiger partial charge in [0.2, 0.25) is 0 Å². The molecule has 0 saturated heterocycles. The fourth-order valence-corrected chi connectivity index (χ4v) is 1.90. The zero-order valence-corrected chi connectivity index (χ0v) is 12.7. The molecule has 5 heteroatoms. The summed E-state index contributed by atoms with van der Waals surface area (Å²) < 4.78 is 0.984. The second-order valence-electron chi connectivity index (χ2n) is 4.40. The summed E-state index contributed by atoms with van der Waals surface area (Å²) in [6.07, 6.45) is 1.42. The fraction of sp³-hybridized carbons (Fsp3) is 0.286. The van der Waals surface area contributed by atoms with E-state index in [1.807, 2.05) is 45.0 Å². The van der Waals surface area contributed by atoms with Crippen molar-refractivity contribution >= 4 is 27.5 Å². The van der Waals surface area contributed by atoms with Crippen molar-refractivity contribution < 1.29 is 4.79 Å². The number of halogens is 1. The molecule has 0 unspecified atom stereocenters. The van der Waals surface area contributed by atoms with Crippen molar-refractivity contribution in [2.45, 2.75) is 26.8 Å². The molecule has 0 heterocycles. The first-order valence-corrected chi connectivity index (χ1v) is 6.67. The lowest BCUT2D eigenvalue weighted by atomic mass is 10.2. The second kappa shape index (κ2) is 6.95. The van der Waals surface area contributed by atoms with Crippen molar-refractivity contribution in [1.82, 2.24) is 5.32 Å². The highest BCUT2D eigenvalue weighted by Crippen LogP contribution is 2.20. The van der Waals surface area contributed by atoms with Crippen molar-refractivity contribution in [2.75, 3.05) is 5.32 Å². The van der Waals surface area contributed by atoms with Gasteiger partial charge in [0, 0.05) is 22.4 Å². The molecule has 0 radical (unpaired) electrons. The van der Waals surface area contributed by atoms with Crippen LogP contribution in [0.25, 0.3) is 0 Å². The van der Waals surface area contributed by atoms with Crippen LogP contribution in [-0.4, -0.2) is 11.9 Å². The molecule has 0 spiro atoms. The van der Waals surface area contributed by atoms with E-state index >= 15 is 0 Å². The SMILES string of the molecule is Cc1cc(Br)ccc1N/C=C(/C#N)C(=O)NC(C)C. The van der Waals surface area contributed by atoms with E-state index in [1.54, 1.807) is 0 Å². The largest absolute Gasteiger partial charge is 0.360 e. The lowest BCUT2D eigenvalue weighted by molar-refractivity contribution is -0.117. The van der Waals surface area contributed by atoms with Gasteiger partial charge in [-0.1, -0.05) is 15.9 Å². The van der Waals surface area contributed by atoms with Gasteiger partial charge in [-0.05, 0) is 44.5 Å². The number of rotatable bonds is 4. The minimum atomic E-state index is -0.375. The molecule has 0 atom stereocenters. The molecule has 0 fully saturated rings. The predicted molar refractivity (Wildman–Crippen MR) is 79.5 cm³/mol. The number of amides is 1. The molecule has 1 rings (SSSR count). The van der Waals surface area contributed by atoms with Crippen LogP contribution in [-0.2, 0) is 4.79 Å². The molecule has 0 saturated carbocycles. The maximum atomic E-state index is 11.7. The molecule has 1 amide bonds. The summed E-state index contributed by atoms with van der Waals surface area (Å²) in [7, 11) is 0. The summed E-state index contributed by atoms with van der Waals surface area (Å²) in [6.45, 7) is 5.64. The van der Waals surface area contributed by atoms with E-state index < -0.39 is 0 Å².